The molecular formula is C12H17NO3. The van der Waals surface area contributed by atoms with Crippen LogP contribution in [0, 0.1) is 11.8 Å². The molecule has 2 fully saturated rings. The van der Waals surface area contributed by atoms with E-state index < -0.39 is 0 Å². The van der Waals surface area contributed by atoms with E-state index in [0.29, 0.717) is 25.1 Å². The number of fused-ring (bicyclic) bond motifs is 1. The molecule has 0 aromatic heterocycles. The second kappa shape index (κ2) is 4.28. The van der Waals surface area contributed by atoms with Crippen molar-refractivity contribution < 1.29 is 14.7 Å². The number of allylic oxidation sites excluding steroid dienone is 1. The molecule has 4 nitrogen and oxygen atoms in total. The fourth-order valence-electron chi connectivity index (χ4n) is 2.79. The molecule has 4 heteroatoms. The van der Waals surface area contributed by atoms with E-state index in [2.05, 4.69) is 0 Å². The van der Waals surface area contributed by atoms with Crippen LogP contribution < -0.4 is 0 Å². The van der Waals surface area contributed by atoms with Crippen molar-refractivity contribution in [3.8, 4) is 0 Å². The highest BCUT2D eigenvalue weighted by Crippen LogP contribution is 2.36. The van der Waals surface area contributed by atoms with Crippen LogP contribution in [0.25, 0.3) is 0 Å². The number of Topliss-reactive ketones (excluding diaryl/α,β-unsaturated/α-hetero) is 1. The summed E-state index contributed by atoms with van der Waals surface area (Å²) in [4.78, 5) is 25.0. The molecule has 0 bridgehead atoms. The van der Waals surface area contributed by atoms with Crippen LogP contribution in [0.2, 0.25) is 0 Å². The molecule has 1 aliphatic carbocycles. The number of aliphatic hydroxyl groups excluding tert-OH is 1. The van der Waals surface area contributed by atoms with E-state index in [1.54, 1.807) is 6.92 Å². The lowest BCUT2D eigenvalue weighted by Gasteiger charge is -2.40. The van der Waals surface area contributed by atoms with E-state index in [4.69, 9.17) is 5.11 Å². The quantitative estimate of drug-likeness (QED) is 0.497. The second-order valence-electron chi connectivity index (χ2n) is 4.68. The Morgan fingerprint density at radius 1 is 1.50 bits per heavy atom. The van der Waals surface area contributed by atoms with Gasteiger partial charge in [0, 0.05) is 31.5 Å². The zero-order valence-electron chi connectivity index (χ0n) is 9.48. The maximum Gasteiger partial charge on any atom is 0.219 e. The molecule has 0 aromatic rings. The number of hydrogen-bond donors (Lipinski definition) is 1. The normalized spacial score (nSPS) is 32.7. The number of rotatable bonds is 0. The number of likely N-dealkylation sites (tertiary alicyclic amines) is 1. The van der Waals surface area contributed by atoms with Crippen LogP contribution in [0.1, 0.15) is 26.2 Å². The van der Waals surface area contributed by atoms with Crippen LogP contribution in [0.15, 0.2) is 11.8 Å². The molecule has 0 spiro atoms. The molecule has 88 valence electrons. The molecule has 0 aromatic carbocycles. The van der Waals surface area contributed by atoms with Gasteiger partial charge >= 0.3 is 0 Å². The number of carbonyl (C=O) groups excluding carboxylic acids is 2. The predicted molar refractivity (Wildman–Crippen MR) is 58.8 cm³/mol. The van der Waals surface area contributed by atoms with Crippen LogP contribution in [-0.2, 0) is 9.59 Å². The predicted octanol–water partition coefficient (Wildman–Crippen LogP) is 1.28. The monoisotopic (exact) mass is 223 g/mol. The molecule has 2 rings (SSSR count). The Bertz CT molecular complexity index is 348. The van der Waals surface area contributed by atoms with Crippen LogP contribution in [0.5, 0.6) is 0 Å². The summed E-state index contributed by atoms with van der Waals surface area (Å²) in [5, 5.41) is 8.94. The van der Waals surface area contributed by atoms with Crippen molar-refractivity contribution in [3.05, 3.63) is 11.8 Å². The van der Waals surface area contributed by atoms with Gasteiger partial charge in [-0.1, -0.05) is 0 Å². The van der Waals surface area contributed by atoms with Gasteiger partial charge in [-0.15, -0.1) is 0 Å². The minimum Gasteiger partial charge on any atom is -0.515 e. The Kier molecular flexibility index (Phi) is 2.99. The maximum atomic E-state index is 11.9. The molecule has 0 radical (unpaired) electrons. The van der Waals surface area contributed by atoms with E-state index in [1.807, 2.05) is 4.90 Å². The van der Waals surface area contributed by atoms with Gasteiger partial charge in [-0.05, 0) is 25.2 Å². The van der Waals surface area contributed by atoms with Crippen LogP contribution >= 0.6 is 0 Å². The first-order chi connectivity index (χ1) is 7.63. The summed E-state index contributed by atoms with van der Waals surface area (Å²) in [5.74, 6) is 0.480. The molecule has 1 amide bonds. The molecule has 1 saturated heterocycles. The summed E-state index contributed by atoms with van der Waals surface area (Å²) in [6.45, 7) is 2.94. The summed E-state index contributed by atoms with van der Waals surface area (Å²) in [5.41, 5.74) is 0.553. The summed E-state index contributed by atoms with van der Waals surface area (Å²) in [6, 6.07) is 0. The number of carbonyl (C=O) groups is 2. The summed E-state index contributed by atoms with van der Waals surface area (Å²) < 4.78 is 0. The van der Waals surface area contributed by atoms with Gasteiger partial charge in [0.05, 0.1) is 6.26 Å². The maximum absolute atomic E-state index is 11.9. The highest BCUT2D eigenvalue weighted by molar-refractivity contribution is 5.98. The fraction of sp³-hybridized carbons (Fsp3) is 0.667. The molecule has 1 aliphatic heterocycles. The summed E-state index contributed by atoms with van der Waals surface area (Å²) >= 11 is 0. The van der Waals surface area contributed by atoms with Crippen LogP contribution in [0.3, 0.4) is 0 Å². The van der Waals surface area contributed by atoms with Crippen molar-refractivity contribution >= 4 is 11.7 Å². The van der Waals surface area contributed by atoms with Crippen molar-refractivity contribution in [1.82, 2.24) is 4.90 Å². The van der Waals surface area contributed by atoms with Crippen molar-refractivity contribution in [2.45, 2.75) is 26.2 Å². The lowest BCUT2D eigenvalue weighted by atomic mass is 9.72. The van der Waals surface area contributed by atoms with Crippen LogP contribution in [0.4, 0.5) is 0 Å². The molecule has 1 saturated carbocycles. The Balaban J connectivity index is 2.09. The second-order valence-corrected chi connectivity index (χ2v) is 4.68. The Morgan fingerprint density at radius 2 is 2.25 bits per heavy atom. The van der Waals surface area contributed by atoms with E-state index in [1.165, 1.54) is 0 Å². The largest absolute Gasteiger partial charge is 0.515 e. The van der Waals surface area contributed by atoms with Gasteiger partial charge in [0.1, 0.15) is 0 Å². The minimum atomic E-state index is 0.0164. The number of piperidine rings is 1. The van der Waals surface area contributed by atoms with E-state index in [-0.39, 0.29) is 23.5 Å². The van der Waals surface area contributed by atoms with Gasteiger partial charge in [-0.2, -0.15) is 0 Å². The van der Waals surface area contributed by atoms with Gasteiger partial charge in [0.2, 0.25) is 5.91 Å². The van der Waals surface area contributed by atoms with Crippen molar-refractivity contribution in [3.63, 3.8) is 0 Å². The highest BCUT2D eigenvalue weighted by Gasteiger charge is 2.39. The van der Waals surface area contributed by atoms with E-state index in [9.17, 15) is 9.59 Å². The van der Waals surface area contributed by atoms with E-state index >= 15 is 0 Å². The van der Waals surface area contributed by atoms with Crippen molar-refractivity contribution in [2.75, 3.05) is 13.1 Å². The lowest BCUT2D eigenvalue weighted by Crippen LogP contribution is -2.47. The zero-order valence-corrected chi connectivity index (χ0v) is 9.48. The van der Waals surface area contributed by atoms with Crippen molar-refractivity contribution in [2.24, 2.45) is 11.8 Å². The number of amides is 1. The average Bonchev–Trinajstić information content (AvgIpc) is 2.29. The van der Waals surface area contributed by atoms with Gasteiger partial charge in [-0.3, -0.25) is 9.59 Å². The molecule has 2 aliphatic rings. The third-order valence-corrected chi connectivity index (χ3v) is 3.77. The Labute approximate surface area is 94.9 Å². The standard InChI is InChI=1S/C12H17NO3/c1-8(15)13-5-4-11-9(6-13)2-3-10(7-14)12(11)16/h7,9,11,14H,2-6H2,1H3/b10-7+. The number of ketones is 1. The summed E-state index contributed by atoms with van der Waals surface area (Å²) in [7, 11) is 0. The average molecular weight is 223 g/mol. The van der Waals surface area contributed by atoms with Gasteiger partial charge in [0.25, 0.3) is 0 Å². The van der Waals surface area contributed by atoms with E-state index in [0.717, 1.165) is 19.1 Å². The molecule has 1 N–H and O–H groups in total. The van der Waals surface area contributed by atoms with Crippen LogP contribution in [-0.4, -0.2) is 34.8 Å². The number of hydrogen-bond acceptors (Lipinski definition) is 3. The Hall–Kier alpha value is -1.32. The number of nitrogens with zero attached hydrogens (tertiary/aromatic N) is 1. The molecular weight excluding hydrogens is 206 g/mol. The highest BCUT2D eigenvalue weighted by atomic mass is 16.2. The third kappa shape index (κ3) is 1.84. The summed E-state index contributed by atoms with van der Waals surface area (Å²) in [6.07, 6.45) is 3.23. The third-order valence-electron chi connectivity index (χ3n) is 3.77. The topological polar surface area (TPSA) is 57.6 Å². The first-order valence-corrected chi connectivity index (χ1v) is 5.76. The lowest BCUT2D eigenvalue weighted by molar-refractivity contribution is -0.135. The molecule has 16 heavy (non-hydrogen) atoms. The minimum absolute atomic E-state index is 0.0164. The van der Waals surface area contributed by atoms with Crippen molar-refractivity contribution in [1.29, 1.82) is 0 Å². The number of aliphatic hydroxyl groups is 1. The molecule has 2 unspecified atom stereocenters. The van der Waals surface area contributed by atoms with Gasteiger partial charge in [-0.25, -0.2) is 0 Å². The SMILES string of the molecule is CC(=O)N1CCC2C(=O)/C(=C/O)CCC2C1. The van der Waals surface area contributed by atoms with Gasteiger partial charge in [0.15, 0.2) is 5.78 Å². The first kappa shape index (κ1) is 11.2. The molecule has 1 heterocycles. The first-order valence-electron chi connectivity index (χ1n) is 5.76. The van der Waals surface area contributed by atoms with Gasteiger partial charge < -0.3 is 10.0 Å². The smallest absolute Gasteiger partial charge is 0.219 e. The zero-order chi connectivity index (χ0) is 11.7. The molecule has 2 atom stereocenters. The Morgan fingerprint density at radius 3 is 2.88 bits per heavy atom. The fourth-order valence-corrected chi connectivity index (χ4v) is 2.79.